The molecule has 4 nitrogen and oxygen atoms in total. The van der Waals surface area contributed by atoms with E-state index in [2.05, 4.69) is 24.1 Å². The lowest BCUT2D eigenvalue weighted by Crippen LogP contribution is -2.45. The number of nitrogens with zero attached hydrogens (tertiary/aromatic N) is 1. The van der Waals surface area contributed by atoms with Gasteiger partial charge in [-0.2, -0.15) is 0 Å². The van der Waals surface area contributed by atoms with E-state index in [0.717, 1.165) is 43.1 Å². The molecule has 0 atom stereocenters. The first-order valence-electron chi connectivity index (χ1n) is 7.26. The van der Waals surface area contributed by atoms with E-state index in [9.17, 15) is 4.79 Å². The normalized spacial score (nSPS) is 16.4. The summed E-state index contributed by atoms with van der Waals surface area (Å²) in [4.78, 5) is 14.6. The Morgan fingerprint density at radius 2 is 2.05 bits per heavy atom. The van der Waals surface area contributed by atoms with Gasteiger partial charge in [0.25, 0.3) is 0 Å². The van der Waals surface area contributed by atoms with Crippen molar-refractivity contribution in [3.05, 3.63) is 29.3 Å². The Morgan fingerprint density at radius 3 is 2.65 bits per heavy atom. The molecule has 0 radical (unpaired) electrons. The van der Waals surface area contributed by atoms with E-state index >= 15 is 0 Å². The zero-order valence-corrected chi connectivity index (χ0v) is 12.6. The third-order valence-electron chi connectivity index (χ3n) is 3.75. The van der Waals surface area contributed by atoms with Gasteiger partial charge in [0.15, 0.2) is 5.78 Å². The smallest absolute Gasteiger partial charge is 0.176 e. The number of nitrogens with one attached hydrogen (secondary N) is 1. The highest BCUT2D eigenvalue weighted by Crippen LogP contribution is 2.27. The summed E-state index contributed by atoms with van der Waals surface area (Å²) in [6.45, 7) is 8.55. The van der Waals surface area contributed by atoms with Crippen LogP contribution in [0.5, 0.6) is 5.75 Å². The fourth-order valence-corrected chi connectivity index (χ4v) is 2.52. The lowest BCUT2D eigenvalue weighted by molar-refractivity contribution is 0.0921. The summed E-state index contributed by atoms with van der Waals surface area (Å²) in [5, 5.41) is 3.30. The zero-order valence-electron chi connectivity index (χ0n) is 12.6. The third kappa shape index (κ3) is 3.58. The minimum Gasteiger partial charge on any atom is -0.496 e. The van der Waals surface area contributed by atoms with Crippen molar-refractivity contribution in [3.63, 3.8) is 0 Å². The Labute approximate surface area is 121 Å². The van der Waals surface area contributed by atoms with Gasteiger partial charge in [0, 0.05) is 31.7 Å². The Morgan fingerprint density at radius 1 is 1.35 bits per heavy atom. The molecule has 1 aromatic carbocycles. The van der Waals surface area contributed by atoms with Gasteiger partial charge in [-0.15, -0.1) is 0 Å². The predicted octanol–water partition coefficient (Wildman–Crippen LogP) is 1.91. The Hall–Kier alpha value is -1.39. The average Bonchev–Trinajstić information content (AvgIpc) is 2.47. The summed E-state index contributed by atoms with van der Waals surface area (Å²) < 4.78 is 5.36. The van der Waals surface area contributed by atoms with E-state index in [1.54, 1.807) is 7.11 Å². The highest BCUT2D eigenvalue weighted by Gasteiger charge is 2.17. The Bertz CT molecular complexity index is 466. The number of piperazine rings is 1. The standard InChI is InChI=1S/C16H24N2O2/c1-12(2)14-10-13(4-5-16(14)20-3)15(19)11-18-8-6-17-7-9-18/h4-5,10,12,17H,6-9,11H2,1-3H3. The molecule has 4 heteroatoms. The van der Waals surface area contributed by atoms with E-state index < -0.39 is 0 Å². The number of benzene rings is 1. The maximum absolute atomic E-state index is 12.4. The number of rotatable bonds is 5. The van der Waals surface area contributed by atoms with Crippen LogP contribution in [0.1, 0.15) is 35.7 Å². The summed E-state index contributed by atoms with van der Waals surface area (Å²) in [5.41, 5.74) is 1.88. The van der Waals surface area contributed by atoms with Crippen LogP contribution in [0.4, 0.5) is 0 Å². The highest BCUT2D eigenvalue weighted by molar-refractivity contribution is 5.98. The minimum absolute atomic E-state index is 0.191. The maximum atomic E-state index is 12.4. The fraction of sp³-hybridized carbons (Fsp3) is 0.562. The molecule has 1 saturated heterocycles. The number of Topliss-reactive ketones (excluding diaryl/α,β-unsaturated/α-hetero) is 1. The first kappa shape index (κ1) is 15.0. The van der Waals surface area contributed by atoms with Gasteiger partial charge >= 0.3 is 0 Å². The lowest BCUT2D eigenvalue weighted by Gasteiger charge is -2.26. The van der Waals surface area contributed by atoms with Crippen molar-refractivity contribution in [2.24, 2.45) is 0 Å². The van der Waals surface area contributed by atoms with Crippen molar-refractivity contribution in [2.45, 2.75) is 19.8 Å². The summed E-state index contributed by atoms with van der Waals surface area (Å²) >= 11 is 0. The van der Waals surface area contributed by atoms with Gasteiger partial charge < -0.3 is 10.1 Å². The monoisotopic (exact) mass is 276 g/mol. The molecule has 1 N–H and O–H groups in total. The summed E-state index contributed by atoms with van der Waals surface area (Å²) in [6.07, 6.45) is 0. The molecule has 1 aliphatic rings. The average molecular weight is 276 g/mol. The number of ketones is 1. The molecule has 1 heterocycles. The first-order chi connectivity index (χ1) is 9.61. The number of carbonyl (C=O) groups is 1. The van der Waals surface area contributed by atoms with Gasteiger partial charge in [-0.05, 0) is 29.7 Å². The topological polar surface area (TPSA) is 41.6 Å². The third-order valence-corrected chi connectivity index (χ3v) is 3.75. The minimum atomic E-state index is 0.191. The molecule has 2 rings (SSSR count). The quantitative estimate of drug-likeness (QED) is 0.834. The van der Waals surface area contributed by atoms with Crippen LogP contribution in [-0.4, -0.2) is 50.5 Å². The van der Waals surface area contributed by atoms with Crippen LogP contribution < -0.4 is 10.1 Å². The molecule has 0 unspecified atom stereocenters. The van der Waals surface area contributed by atoms with Gasteiger partial charge in [0.1, 0.15) is 5.75 Å². The molecule has 0 saturated carbocycles. The van der Waals surface area contributed by atoms with Gasteiger partial charge in [0.05, 0.1) is 13.7 Å². The molecule has 0 aromatic heterocycles. The Balaban J connectivity index is 2.11. The molecule has 0 bridgehead atoms. The van der Waals surface area contributed by atoms with Crippen LogP contribution in [0.3, 0.4) is 0 Å². The van der Waals surface area contributed by atoms with Crippen molar-refractivity contribution in [2.75, 3.05) is 39.8 Å². The van der Waals surface area contributed by atoms with Gasteiger partial charge in [-0.25, -0.2) is 0 Å². The van der Waals surface area contributed by atoms with Crippen molar-refractivity contribution >= 4 is 5.78 Å². The maximum Gasteiger partial charge on any atom is 0.176 e. The molecule has 0 amide bonds. The second-order valence-corrected chi connectivity index (χ2v) is 5.56. The fourth-order valence-electron chi connectivity index (χ4n) is 2.52. The van der Waals surface area contributed by atoms with E-state index in [0.29, 0.717) is 12.5 Å². The van der Waals surface area contributed by atoms with Crippen molar-refractivity contribution < 1.29 is 9.53 Å². The van der Waals surface area contributed by atoms with Crippen LogP contribution in [0.2, 0.25) is 0 Å². The van der Waals surface area contributed by atoms with Gasteiger partial charge in [0.2, 0.25) is 0 Å². The SMILES string of the molecule is COc1ccc(C(=O)CN2CCNCC2)cc1C(C)C. The van der Waals surface area contributed by atoms with Gasteiger partial charge in [-0.3, -0.25) is 9.69 Å². The van der Waals surface area contributed by atoms with Crippen LogP contribution in [-0.2, 0) is 0 Å². The molecule has 0 spiro atoms. The van der Waals surface area contributed by atoms with Gasteiger partial charge in [-0.1, -0.05) is 13.8 Å². The Kier molecular flexibility index (Phi) is 5.15. The van der Waals surface area contributed by atoms with E-state index in [4.69, 9.17) is 4.74 Å². The molecule has 1 fully saturated rings. The number of hydrogen-bond donors (Lipinski definition) is 1. The number of hydrogen-bond acceptors (Lipinski definition) is 4. The molecule has 20 heavy (non-hydrogen) atoms. The van der Waals surface area contributed by atoms with Crippen molar-refractivity contribution in [3.8, 4) is 5.75 Å². The largest absolute Gasteiger partial charge is 0.496 e. The van der Waals surface area contributed by atoms with E-state index in [-0.39, 0.29) is 5.78 Å². The van der Waals surface area contributed by atoms with Crippen LogP contribution >= 0.6 is 0 Å². The predicted molar refractivity (Wildman–Crippen MR) is 80.7 cm³/mol. The lowest BCUT2D eigenvalue weighted by atomic mass is 9.98. The number of methoxy groups -OCH3 is 1. The zero-order chi connectivity index (χ0) is 14.5. The van der Waals surface area contributed by atoms with E-state index in [1.807, 2.05) is 18.2 Å². The molecule has 110 valence electrons. The van der Waals surface area contributed by atoms with E-state index in [1.165, 1.54) is 0 Å². The first-order valence-corrected chi connectivity index (χ1v) is 7.26. The molecule has 1 aliphatic heterocycles. The van der Waals surface area contributed by atoms with Crippen LogP contribution in [0, 0.1) is 0 Å². The molecule has 1 aromatic rings. The van der Waals surface area contributed by atoms with Crippen LogP contribution in [0.25, 0.3) is 0 Å². The van der Waals surface area contributed by atoms with Crippen molar-refractivity contribution in [1.82, 2.24) is 10.2 Å². The number of carbonyl (C=O) groups excluding carboxylic acids is 1. The highest BCUT2D eigenvalue weighted by atomic mass is 16.5. The van der Waals surface area contributed by atoms with Crippen LogP contribution in [0.15, 0.2) is 18.2 Å². The second kappa shape index (κ2) is 6.86. The molecular formula is C16H24N2O2. The molecule has 0 aliphatic carbocycles. The van der Waals surface area contributed by atoms with Crippen molar-refractivity contribution in [1.29, 1.82) is 0 Å². The molecular weight excluding hydrogens is 252 g/mol. The summed E-state index contributed by atoms with van der Waals surface area (Å²) in [6, 6.07) is 5.75. The summed E-state index contributed by atoms with van der Waals surface area (Å²) in [7, 11) is 1.67. The number of ether oxygens (including phenoxy) is 1. The second-order valence-electron chi connectivity index (χ2n) is 5.56. The summed E-state index contributed by atoms with van der Waals surface area (Å²) in [5.74, 6) is 1.40.